The van der Waals surface area contributed by atoms with Crippen LogP contribution in [0.5, 0.6) is 5.75 Å². The number of hydrogen-bond donors (Lipinski definition) is 0. The number of allylic oxidation sites excluding steroid dienone is 3. The standard InChI is InChI=1S/C22H22O6S/c1-26-18-12-11-15-8-4-5-10-17(15)19(18)29(25)13-7-6-9-16-14-22(16,20(23)27-2)21(24)28-3/h4-13,16H,14H2,1-3H3/b9-6+,13-7+/t16?,29-/m1/s1. The maximum atomic E-state index is 12.9. The highest BCUT2D eigenvalue weighted by molar-refractivity contribution is 7.88. The van der Waals surface area contributed by atoms with Gasteiger partial charge in [-0.05, 0) is 17.9 Å². The van der Waals surface area contributed by atoms with E-state index in [2.05, 4.69) is 0 Å². The van der Waals surface area contributed by atoms with E-state index in [-0.39, 0.29) is 5.92 Å². The normalized spacial score (nSPS) is 18.7. The lowest BCUT2D eigenvalue weighted by Gasteiger charge is -2.10. The third-order valence-corrected chi connectivity index (χ3v) is 6.26. The van der Waals surface area contributed by atoms with Gasteiger partial charge in [-0.1, -0.05) is 48.6 Å². The highest BCUT2D eigenvalue weighted by atomic mass is 32.2. The molecule has 1 fully saturated rings. The van der Waals surface area contributed by atoms with Crippen molar-refractivity contribution in [2.24, 2.45) is 11.3 Å². The summed E-state index contributed by atoms with van der Waals surface area (Å²) in [6, 6.07) is 11.4. The Hall–Kier alpha value is -2.93. The second kappa shape index (κ2) is 8.61. The lowest BCUT2D eigenvalue weighted by atomic mass is 10.0. The van der Waals surface area contributed by atoms with Crippen molar-refractivity contribution in [1.82, 2.24) is 0 Å². The molecule has 0 aromatic heterocycles. The largest absolute Gasteiger partial charge is 0.495 e. The van der Waals surface area contributed by atoms with Gasteiger partial charge in [-0.3, -0.25) is 9.59 Å². The summed E-state index contributed by atoms with van der Waals surface area (Å²) in [5, 5.41) is 3.37. The molecule has 7 heteroatoms. The molecule has 0 N–H and O–H groups in total. The van der Waals surface area contributed by atoms with Gasteiger partial charge in [-0.2, -0.15) is 0 Å². The topological polar surface area (TPSA) is 78.9 Å². The number of hydrogen-bond acceptors (Lipinski definition) is 6. The number of benzene rings is 2. The molecule has 1 aliphatic rings. The van der Waals surface area contributed by atoms with E-state index < -0.39 is 28.2 Å². The fourth-order valence-electron chi connectivity index (χ4n) is 3.41. The van der Waals surface area contributed by atoms with Crippen molar-refractivity contribution in [2.75, 3.05) is 21.3 Å². The van der Waals surface area contributed by atoms with E-state index in [1.807, 2.05) is 30.3 Å². The van der Waals surface area contributed by atoms with Crippen LogP contribution in [0.4, 0.5) is 0 Å². The fourth-order valence-corrected chi connectivity index (χ4v) is 4.53. The summed E-state index contributed by atoms with van der Waals surface area (Å²) in [5.74, 6) is -0.972. The second-order valence-electron chi connectivity index (χ2n) is 6.59. The van der Waals surface area contributed by atoms with Crippen molar-refractivity contribution in [2.45, 2.75) is 11.3 Å². The van der Waals surface area contributed by atoms with Crippen LogP contribution in [0.25, 0.3) is 10.8 Å². The van der Waals surface area contributed by atoms with Crippen molar-refractivity contribution in [3.8, 4) is 5.75 Å². The van der Waals surface area contributed by atoms with Crippen molar-refractivity contribution < 1.29 is 28.0 Å². The lowest BCUT2D eigenvalue weighted by molar-refractivity contribution is -0.161. The molecule has 152 valence electrons. The van der Waals surface area contributed by atoms with E-state index >= 15 is 0 Å². The zero-order chi connectivity index (χ0) is 21.0. The summed E-state index contributed by atoms with van der Waals surface area (Å²) < 4.78 is 27.8. The minimum atomic E-state index is -1.44. The van der Waals surface area contributed by atoms with Gasteiger partial charge in [0.2, 0.25) is 0 Å². The van der Waals surface area contributed by atoms with E-state index in [1.54, 1.807) is 36.8 Å². The van der Waals surface area contributed by atoms with Gasteiger partial charge < -0.3 is 14.2 Å². The first-order chi connectivity index (χ1) is 14.0. The molecular formula is C22H22O6S. The summed E-state index contributed by atoms with van der Waals surface area (Å²) >= 11 is 0. The van der Waals surface area contributed by atoms with Gasteiger partial charge in [0.15, 0.2) is 5.41 Å². The number of rotatable bonds is 7. The number of fused-ring (bicyclic) bond motifs is 1. The summed E-state index contributed by atoms with van der Waals surface area (Å²) in [4.78, 5) is 24.6. The van der Waals surface area contributed by atoms with Crippen LogP contribution in [-0.4, -0.2) is 37.5 Å². The highest BCUT2D eigenvalue weighted by Gasteiger charge is 2.66. The summed E-state index contributed by atoms with van der Waals surface area (Å²) in [5.41, 5.74) is -1.27. The van der Waals surface area contributed by atoms with Crippen LogP contribution >= 0.6 is 0 Å². The number of carbonyl (C=O) groups is 2. The third-order valence-electron chi connectivity index (χ3n) is 5.04. The second-order valence-corrected chi connectivity index (χ2v) is 7.87. The SMILES string of the molecule is COC(=O)C1(C(=O)OC)CC1/C=C/C=C/[S@@](=O)c1c(OC)ccc2ccccc12. The van der Waals surface area contributed by atoms with Gasteiger partial charge in [-0.15, -0.1) is 0 Å². The maximum Gasteiger partial charge on any atom is 0.323 e. The molecule has 0 bridgehead atoms. The van der Waals surface area contributed by atoms with E-state index in [0.717, 1.165) is 10.8 Å². The Kier molecular flexibility index (Phi) is 6.17. The molecule has 29 heavy (non-hydrogen) atoms. The molecule has 0 saturated heterocycles. The number of carbonyl (C=O) groups excluding carboxylic acids is 2. The molecule has 1 aliphatic carbocycles. The summed E-state index contributed by atoms with van der Waals surface area (Å²) in [6.07, 6.45) is 5.36. The lowest BCUT2D eigenvalue weighted by Crippen LogP contribution is -2.30. The molecule has 1 unspecified atom stereocenters. The molecule has 0 amide bonds. The Bertz CT molecular complexity index is 1010. The van der Waals surface area contributed by atoms with Crippen LogP contribution in [-0.2, 0) is 29.9 Å². The van der Waals surface area contributed by atoms with Gasteiger partial charge in [-0.25, -0.2) is 4.21 Å². The monoisotopic (exact) mass is 414 g/mol. The van der Waals surface area contributed by atoms with Gasteiger partial charge >= 0.3 is 11.9 Å². The van der Waals surface area contributed by atoms with Gasteiger partial charge in [0, 0.05) is 16.7 Å². The Morgan fingerprint density at radius 3 is 2.38 bits per heavy atom. The van der Waals surface area contributed by atoms with Crippen molar-refractivity contribution in [1.29, 1.82) is 0 Å². The number of ether oxygens (including phenoxy) is 3. The van der Waals surface area contributed by atoms with Crippen LogP contribution in [0, 0.1) is 11.3 Å². The first-order valence-electron chi connectivity index (χ1n) is 8.97. The smallest absolute Gasteiger partial charge is 0.323 e. The molecule has 0 radical (unpaired) electrons. The molecule has 2 aromatic rings. The predicted molar refractivity (Wildman–Crippen MR) is 110 cm³/mol. The Morgan fingerprint density at radius 1 is 1.03 bits per heavy atom. The van der Waals surface area contributed by atoms with Crippen LogP contribution < -0.4 is 4.74 Å². The number of methoxy groups -OCH3 is 3. The quantitative estimate of drug-likeness (QED) is 0.393. The maximum absolute atomic E-state index is 12.9. The molecule has 6 nitrogen and oxygen atoms in total. The molecular weight excluding hydrogens is 392 g/mol. The first-order valence-corrected chi connectivity index (χ1v) is 10.2. The molecule has 1 saturated carbocycles. The van der Waals surface area contributed by atoms with Crippen LogP contribution in [0.2, 0.25) is 0 Å². The van der Waals surface area contributed by atoms with Crippen LogP contribution in [0.15, 0.2) is 64.9 Å². The molecule has 2 aromatic carbocycles. The minimum Gasteiger partial charge on any atom is -0.495 e. The average Bonchev–Trinajstić information content (AvgIpc) is 3.49. The van der Waals surface area contributed by atoms with E-state index in [1.165, 1.54) is 14.2 Å². The van der Waals surface area contributed by atoms with E-state index in [0.29, 0.717) is 17.1 Å². The van der Waals surface area contributed by atoms with Crippen molar-refractivity contribution in [3.05, 3.63) is 60.0 Å². The molecule has 3 rings (SSSR count). The average molecular weight is 414 g/mol. The Balaban J connectivity index is 1.78. The summed E-state index contributed by atoms with van der Waals surface area (Å²) in [6.45, 7) is 0. The predicted octanol–water partition coefficient (Wildman–Crippen LogP) is 3.38. The van der Waals surface area contributed by atoms with Crippen LogP contribution in [0.1, 0.15) is 6.42 Å². The zero-order valence-electron chi connectivity index (χ0n) is 16.4. The Morgan fingerprint density at radius 2 is 1.72 bits per heavy atom. The van der Waals surface area contributed by atoms with Gasteiger partial charge in [0.25, 0.3) is 0 Å². The van der Waals surface area contributed by atoms with E-state index in [4.69, 9.17) is 14.2 Å². The van der Waals surface area contributed by atoms with Gasteiger partial charge in [0.1, 0.15) is 5.75 Å². The highest BCUT2D eigenvalue weighted by Crippen LogP contribution is 2.55. The van der Waals surface area contributed by atoms with Crippen molar-refractivity contribution >= 4 is 33.5 Å². The van der Waals surface area contributed by atoms with E-state index in [9.17, 15) is 13.8 Å². The third kappa shape index (κ3) is 3.82. The Labute approximate surface area is 171 Å². The van der Waals surface area contributed by atoms with Crippen molar-refractivity contribution in [3.63, 3.8) is 0 Å². The molecule has 0 aliphatic heterocycles. The first kappa shape index (κ1) is 20.8. The zero-order valence-corrected chi connectivity index (χ0v) is 17.2. The molecule has 0 heterocycles. The fraction of sp³-hybridized carbons (Fsp3) is 0.273. The number of esters is 2. The minimum absolute atomic E-state index is 0.312. The van der Waals surface area contributed by atoms with Crippen LogP contribution in [0.3, 0.4) is 0 Å². The molecule has 2 atom stereocenters. The van der Waals surface area contributed by atoms with Gasteiger partial charge in [0.05, 0.1) is 37.0 Å². The summed E-state index contributed by atoms with van der Waals surface area (Å²) in [7, 11) is 2.58. The molecule has 0 spiro atoms.